The first kappa shape index (κ1) is 22.6. The number of anilines is 1. The van der Waals surface area contributed by atoms with E-state index in [1.807, 2.05) is 26.0 Å². The Hall–Kier alpha value is -4.05. The van der Waals surface area contributed by atoms with Gasteiger partial charge < -0.3 is 19.6 Å². The van der Waals surface area contributed by atoms with Gasteiger partial charge in [-0.25, -0.2) is 0 Å². The fourth-order valence-corrected chi connectivity index (χ4v) is 3.50. The number of carbonyl (C=O) groups excluding carboxylic acids is 2. The van der Waals surface area contributed by atoms with Gasteiger partial charge in [-0.3, -0.25) is 9.59 Å². The summed E-state index contributed by atoms with van der Waals surface area (Å²) in [5.41, 5.74) is 3.49. The minimum Gasteiger partial charge on any atom is -0.467 e. The normalized spacial score (nSPS) is 11.1. The molecule has 3 aromatic rings. The Morgan fingerprint density at radius 1 is 1.19 bits per heavy atom. The van der Waals surface area contributed by atoms with E-state index in [9.17, 15) is 14.9 Å². The minimum absolute atomic E-state index is 0.0347. The van der Waals surface area contributed by atoms with Crippen molar-refractivity contribution in [3.8, 4) is 6.07 Å². The molecule has 0 unspecified atom stereocenters. The first-order valence-corrected chi connectivity index (χ1v) is 10.4. The summed E-state index contributed by atoms with van der Waals surface area (Å²) >= 11 is 0. The van der Waals surface area contributed by atoms with Gasteiger partial charge in [-0.1, -0.05) is 19.1 Å². The number of furan rings is 1. The number of hydrogen-bond donors (Lipinski definition) is 2. The number of aryl methyl sites for hydroxylation is 1. The van der Waals surface area contributed by atoms with Gasteiger partial charge in [-0.15, -0.1) is 0 Å². The number of para-hydroxylation sites is 1. The number of aromatic nitrogens is 1. The van der Waals surface area contributed by atoms with Gasteiger partial charge in [0.1, 0.15) is 17.4 Å². The van der Waals surface area contributed by atoms with E-state index in [0.29, 0.717) is 17.0 Å². The number of amides is 2. The highest BCUT2D eigenvalue weighted by molar-refractivity contribution is 6.12. The molecular weight excluding hydrogens is 404 g/mol. The molecule has 0 aliphatic rings. The second kappa shape index (κ2) is 10.3. The first-order valence-electron chi connectivity index (χ1n) is 10.4. The summed E-state index contributed by atoms with van der Waals surface area (Å²) in [6.07, 6.45) is 4.11. The number of nitriles is 1. The summed E-state index contributed by atoms with van der Waals surface area (Å²) in [5, 5.41) is 15.1. The van der Waals surface area contributed by atoms with Gasteiger partial charge in [0.2, 0.25) is 0 Å². The largest absolute Gasteiger partial charge is 0.467 e. The van der Waals surface area contributed by atoms with Crippen LogP contribution in [0.1, 0.15) is 46.4 Å². The Morgan fingerprint density at radius 2 is 1.97 bits per heavy atom. The number of hydrogen-bond acceptors (Lipinski definition) is 4. The highest BCUT2D eigenvalue weighted by atomic mass is 16.3. The van der Waals surface area contributed by atoms with Gasteiger partial charge in [0.15, 0.2) is 0 Å². The van der Waals surface area contributed by atoms with Gasteiger partial charge in [-0.05, 0) is 62.2 Å². The maximum Gasteiger partial charge on any atom is 0.266 e. The Balaban J connectivity index is 1.79. The highest BCUT2D eigenvalue weighted by Crippen LogP contribution is 2.21. The fraction of sp³-hybridized carbons (Fsp3) is 0.240. The van der Waals surface area contributed by atoms with Crippen molar-refractivity contribution < 1.29 is 14.0 Å². The van der Waals surface area contributed by atoms with E-state index in [-0.39, 0.29) is 18.0 Å². The Kier molecular flexibility index (Phi) is 7.29. The molecule has 2 N–H and O–H groups in total. The standard InChI is InChI=1S/C25H26N4O3/c1-4-11-29-17(2)13-19(18(29)3)14-20(15-26)24(30)28-23-10-6-5-9-22(23)25(31)27-16-21-8-7-12-32-21/h5-10,12-14H,4,11,16H2,1-3H3,(H,27,31)(H,28,30)/b20-14+. The molecule has 3 rings (SSSR count). The van der Waals surface area contributed by atoms with Crippen LogP contribution in [0.5, 0.6) is 0 Å². The molecule has 1 aromatic carbocycles. The number of benzene rings is 1. The molecule has 0 aliphatic heterocycles. The van der Waals surface area contributed by atoms with E-state index in [2.05, 4.69) is 22.1 Å². The van der Waals surface area contributed by atoms with E-state index in [4.69, 9.17) is 4.42 Å². The summed E-state index contributed by atoms with van der Waals surface area (Å²) in [7, 11) is 0. The van der Waals surface area contributed by atoms with Gasteiger partial charge in [-0.2, -0.15) is 5.26 Å². The van der Waals surface area contributed by atoms with Crippen molar-refractivity contribution in [1.82, 2.24) is 9.88 Å². The van der Waals surface area contributed by atoms with E-state index in [1.165, 1.54) is 6.26 Å². The zero-order valence-corrected chi connectivity index (χ0v) is 18.4. The second-order valence-electron chi connectivity index (χ2n) is 7.41. The Morgan fingerprint density at radius 3 is 2.66 bits per heavy atom. The lowest BCUT2D eigenvalue weighted by Gasteiger charge is -2.11. The molecule has 32 heavy (non-hydrogen) atoms. The van der Waals surface area contributed by atoms with Crippen LogP contribution in [0.3, 0.4) is 0 Å². The monoisotopic (exact) mass is 430 g/mol. The number of rotatable bonds is 8. The van der Waals surface area contributed by atoms with Crippen molar-refractivity contribution in [2.75, 3.05) is 5.32 Å². The Bertz CT molecular complexity index is 1180. The molecule has 0 spiro atoms. The van der Waals surface area contributed by atoms with Crippen molar-refractivity contribution >= 4 is 23.6 Å². The molecule has 164 valence electrons. The topological polar surface area (TPSA) is 100 Å². The van der Waals surface area contributed by atoms with Crippen molar-refractivity contribution in [2.24, 2.45) is 0 Å². The van der Waals surface area contributed by atoms with Crippen molar-refractivity contribution in [1.29, 1.82) is 5.26 Å². The fourth-order valence-electron chi connectivity index (χ4n) is 3.50. The van der Waals surface area contributed by atoms with Crippen LogP contribution in [0, 0.1) is 25.2 Å². The lowest BCUT2D eigenvalue weighted by Crippen LogP contribution is -2.25. The van der Waals surface area contributed by atoms with Crippen LogP contribution in [0.25, 0.3) is 6.08 Å². The third kappa shape index (κ3) is 5.16. The molecule has 0 radical (unpaired) electrons. The van der Waals surface area contributed by atoms with E-state index in [0.717, 1.165) is 29.9 Å². The van der Waals surface area contributed by atoms with Crippen LogP contribution in [0.4, 0.5) is 5.69 Å². The van der Waals surface area contributed by atoms with Crippen molar-refractivity contribution in [3.05, 3.63) is 82.6 Å². The molecule has 0 saturated carbocycles. The molecule has 0 fully saturated rings. The van der Waals surface area contributed by atoms with Crippen molar-refractivity contribution in [3.63, 3.8) is 0 Å². The van der Waals surface area contributed by atoms with Crippen LogP contribution in [0.2, 0.25) is 0 Å². The first-order chi connectivity index (χ1) is 15.4. The highest BCUT2D eigenvalue weighted by Gasteiger charge is 2.17. The Labute approximate surface area is 187 Å². The van der Waals surface area contributed by atoms with Crippen LogP contribution < -0.4 is 10.6 Å². The number of carbonyl (C=O) groups is 2. The third-order valence-electron chi connectivity index (χ3n) is 5.15. The summed E-state index contributed by atoms with van der Waals surface area (Å²) in [4.78, 5) is 25.5. The molecule has 0 aliphatic carbocycles. The second-order valence-corrected chi connectivity index (χ2v) is 7.41. The average molecular weight is 431 g/mol. The molecule has 7 heteroatoms. The molecule has 0 saturated heterocycles. The van der Waals surface area contributed by atoms with Crippen LogP contribution >= 0.6 is 0 Å². The quantitative estimate of drug-likeness (QED) is 0.403. The summed E-state index contributed by atoms with van der Waals surface area (Å²) in [6, 6.07) is 14.1. The maximum absolute atomic E-state index is 12.8. The lowest BCUT2D eigenvalue weighted by atomic mass is 10.1. The van der Waals surface area contributed by atoms with Gasteiger partial charge >= 0.3 is 0 Å². The molecule has 2 amide bonds. The van der Waals surface area contributed by atoms with Crippen LogP contribution in [-0.4, -0.2) is 16.4 Å². The minimum atomic E-state index is -0.570. The van der Waals surface area contributed by atoms with E-state index >= 15 is 0 Å². The number of nitrogens with one attached hydrogen (secondary N) is 2. The average Bonchev–Trinajstić information content (AvgIpc) is 3.40. The van der Waals surface area contributed by atoms with E-state index < -0.39 is 5.91 Å². The van der Waals surface area contributed by atoms with Gasteiger partial charge in [0.05, 0.1) is 24.1 Å². The van der Waals surface area contributed by atoms with E-state index in [1.54, 1.807) is 42.5 Å². The molecule has 0 bridgehead atoms. The van der Waals surface area contributed by atoms with Crippen molar-refractivity contribution in [2.45, 2.75) is 40.3 Å². The summed E-state index contributed by atoms with van der Waals surface area (Å²) in [5.74, 6) is -0.308. The van der Waals surface area contributed by atoms with Gasteiger partial charge in [0.25, 0.3) is 11.8 Å². The smallest absolute Gasteiger partial charge is 0.266 e. The van der Waals surface area contributed by atoms with Gasteiger partial charge in [0, 0.05) is 17.9 Å². The van der Waals surface area contributed by atoms with Crippen LogP contribution in [-0.2, 0) is 17.9 Å². The molecule has 7 nitrogen and oxygen atoms in total. The molecular formula is C25H26N4O3. The molecule has 0 atom stereocenters. The lowest BCUT2D eigenvalue weighted by molar-refractivity contribution is -0.112. The number of nitrogens with zero attached hydrogens (tertiary/aromatic N) is 2. The summed E-state index contributed by atoms with van der Waals surface area (Å²) in [6.45, 7) is 7.18. The maximum atomic E-state index is 12.8. The predicted octanol–water partition coefficient (Wildman–Crippen LogP) is 4.58. The predicted molar refractivity (Wildman–Crippen MR) is 123 cm³/mol. The molecule has 2 aromatic heterocycles. The zero-order valence-electron chi connectivity index (χ0n) is 18.4. The SMILES string of the molecule is CCCn1c(C)cc(/C=C(\C#N)C(=O)Nc2ccccc2C(=O)NCc2ccco2)c1C. The van der Waals surface area contributed by atoms with Crippen LogP contribution in [0.15, 0.2) is 58.7 Å². The third-order valence-corrected chi connectivity index (χ3v) is 5.15. The zero-order chi connectivity index (χ0) is 23.1. The molecule has 2 heterocycles. The summed E-state index contributed by atoms with van der Waals surface area (Å²) < 4.78 is 7.39.